The van der Waals surface area contributed by atoms with Gasteiger partial charge in [0.15, 0.2) is 0 Å². The molecule has 2 amide bonds. The first kappa shape index (κ1) is 18.7. The summed E-state index contributed by atoms with van der Waals surface area (Å²) in [4.78, 5) is 12.1. The van der Waals surface area contributed by atoms with Gasteiger partial charge in [0.05, 0.1) is 11.8 Å². The summed E-state index contributed by atoms with van der Waals surface area (Å²) in [6.07, 6.45) is 1.56. The molecule has 0 aromatic heterocycles. The molecule has 4 nitrogen and oxygen atoms in total. The molecule has 0 fully saturated rings. The monoisotopic (exact) mass is 355 g/mol. The number of carbonyl (C=O) groups excluding carboxylic acids is 1. The highest BCUT2D eigenvalue weighted by atomic mass is 35.5. The number of amides is 2. The highest BCUT2D eigenvalue weighted by Gasteiger charge is 2.23. The molecule has 0 spiro atoms. The van der Waals surface area contributed by atoms with E-state index in [0.29, 0.717) is 5.02 Å². The molecule has 0 saturated carbocycles. The van der Waals surface area contributed by atoms with E-state index in [2.05, 4.69) is 22.4 Å². The van der Waals surface area contributed by atoms with Gasteiger partial charge in [-0.25, -0.2) is 10.2 Å². The van der Waals surface area contributed by atoms with Crippen LogP contribution in [0.2, 0.25) is 5.02 Å². The summed E-state index contributed by atoms with van der Waals surface area (Å²) in [6, 6.07) is 14.7. The molecule has 0 radical (unpaired) electrons. The summed E-state index contributed by atoms with van der Waals surface area (Å²) in [7, 11) is 0. The van der Waals surface area contributed by atoms with Crippen LogP contribution in [0.15, 0.2) is 60.2 Å². The zero-order chi connectivity index (χ0) is 18.4. The molecule has 2 aromatic rings. The van der Waals surface area contributed by atoms with Gasteiger partial charge in [0.2, 0.25) is 0 Å². The molecule has 2 rings (SSSR count). The van der Waals surface area contributed by atoms with Crippen molar-refractivity contribution >= 4 is 29.4 Å². The Hall–Kier alpha value is -2.59. The van der Waals surface area contributed by atoms with Gasteiger partial charge in [-0.05, 0) is 55.7 Å². The van der Waals surface area contributed by atoms with E-state index in [0.717, 1.165) is 22.3 Å². The fourth-order valence-corrected chi connectivity index (χ4v) is 2.40. The average Bonchev–Trinajstić information content (AvgIpc) is 2.56. The molecular weight excluding hydrogens is 334 g/mol. The van der Waals surface area contributed by atoms with Crippen molar-refractivity contribution in [1.29, 1.82) is 0 Å². The molecule has 0 heterocycles. The van der Waals surface area contributed by atoms with E-state index < -0.39 is 5.54 Å². The van der Waals surface area contributed by atoms with E-state index in [1.807, 2.05) is 57.2 Å². The molecule has 0 saturated heterocycles. The molecule has 0 bridgehead atoms. The second kappa shape index (κ2) is 7.99. The van der Waals surface area contributed by atoms with Gasteiger partial charge in [-0.3, -0.25) is 0 Å². The topological polar surface area (TPSA) is 53.5 Å². The first-order chi connectivity index (χ1) is 11.8. The van der Waals surface area contributed by atoms with Crippen molar-refractivity contribution in [3.63, 3.8) is 0 Å². The maximum atomic E-state index is 12.1. The Morgan fingerprint density at radius 3 is 2.52 bits per heavy atom. The number of nitrogens with zero attached hydrogens (tertiary/aromatic N) is 1. The van der Waals surface area contributed by atoms with Gasteiger partial charge in [-0.2, -0.15) is 5.10 Å². The van der Waals surface area contributed by atoms with Crippen LogP contribution in [-0.4, -0.2) is 12.2 Å². The number of hydrogen-bond donors (Lipinski definition) is 2. The second-order valence-electron chi connectivity index (χ2n) is 6.36. The minimum atomic E-state index is -0.550. The Morgan fingerprint density at radius 1 is 1.20 bits per heavy atom. The summed E-state index contributed by atoms with van der Waals surface area (Å²) in [5.74, 6) is 0. The average molecular weight is 356 g/mol. The van der Waals surface area contributed by atoms with Crippen LogP contribution in [-0.2, 0) is 5.54 Å². The lowest BCUT2D eigenvalue weighted by Crippen LogP contribution is -2.45. The predicted molar refractivity (Wildman–Crippen MR) is 105 cm³/mol. The van der Waals surface area contributed by atoms with Crippen molar-refractivity contribution < 1.29 is 4.79 Å². The lowest BCUT2D eigenvalue weighted by atomic mass is 9.92. The molecule has 0 aliphatic heterocycles. The first-order valence-corrected chi connectivity index (χ1v) is 8.29. The van der Waals surface area contributed by atoms with Crippen LogP contribution in [0.3, 0.4) is 0 Å². The van der Waals surface area contributed by atoms with E-state index in [1.54, 1.807) is 18.3 Å². The minimum absolute atomic E-state index is 0.379. The Bertz CT molecular complexity index is 795. The standard InChI is InChI=1S/C20H22ClN3O/c1-14(2)16-6-5-7-17(12-16)20(3,4)23-19(25)24-22-13-15-8-10-18(21)11-9-15/h5-13H,1H2,2-4H3,(H2,23,24,25). The highest BCUT2D eigenvalue weighted by Crippen LogP contribution is 2.23. The normalized spacial score (nSPS) is 11.4. The van der Waals surface area contributed by atoms with Crippen LogP contribution < -0.4 is 10.7 Å². The van der Waals surface area contributed by atoms with Crippen LogP contribution in [0, 0.1) is 0 Å². The number of carbonyl (C=O) groups is 1. The third kappa shape index (κ3) is 5.47. The van der Waals surface area contributed by atoms with Crippen molar-refractivity contribution in [2.45, 2.75) is 26.3 Å². The fourth-order valence-electron chi connectivity index (χ4n) is 2.27. The van der Waals surface area contributed by atoms with Crippen LogP contribution >= 0.6 is 11.6 Å². The zero-order valence-electron chi connectivity index (χ0n) is 14.6. The fraction of sp³-hybridized carbons (Fsp3) is 0.200. The number of benzene rings is 2. The lowest BCUT2D eigenvalue weighted by molar-refractivity contribution is 0.230. The number of nitrogens with one attached hydrogen (secondary N) is 2. The number of halogens is 1. The Kier molecular flexibility index (Phi) is 5.99. The van der Waals surface area contributed by atoms with Crippen LogP contribution in [0.25, 0.3) is 5.57 Å². The van der Waals surface area contributed by atoms with Crippen molar-refractivity contribution in [2.75, 3.05) is 0 Å². The summed E-state index contributed by atoms with van der Waals surface area (Å²) in [5, 5.41) is 7.52. The molecule has 0 atom stereocenters. The van der Waals surface area contributed by atoms with E-state index in [9.17, 15) is 4.79 Å². The summed E-state index contributed by atoms with van der Waals surface area (Å²) < 4.78 is 0. The molecule has 5 heteroatoms. The van der Waals surface area contributed by atoms with Crippen molar-refractivity contribution in [1.82, 2.24) is 10.7 Å². The zero-order valence-corrected chi connectivity index (χ0v) is 15.4. The highest BCUT2D eigenvalue weighted by molar-refractivity contribution is 6.30. The number of rotatable bonds is 5. The Balaban J connectivity index is 1.99. The number of hydrogen-bond acceptors (Lipinski definition) is 2. The predicted octanol–water partition coefficient (Wildman–Crippen LogP) is 4.94. The van der Waals surface area contributed by atoms with Gasteiger partial charge in [0, 0.05) is 5.02 Å². The molecule has 0 unspecified atom stereocenters. The van der Waals surface area contributed by atoms with Crippen molar-refractivity contribution in [2.24, 2.45) is 5.10 Å². The summed E-state index contributed by atoms with van der Waals surface area (Å²) >= 11 is 5.83. The molecule has 130 valence electrons. The van der Waals surface area contributed by atoms with Gasteiger partial charge < -0.3 is 5.32 Å². The Labute approximate surface area is 153 Å². The minimum Gasteiger partial charge on any atom is -0.328 e. The number of urea groups is 1. The van der Waals surface area contributed by atoms with Crippen LogP contribution in [0.4, 0.5) is 4.79 Å². The lowest BCUT2D eigenvalue weighted by Gasteiger charge is -2.27. The van der Waals surface area contributed by atoms with Gasteiger partial charge >= 0.3 is 6.03 Å². The van der Waals surface area contributed by atoms with Gasteiger partial charge in [-0.15, -0.1) is 0 Å². The smallest absolute Gasteiger partial charge is 0.328 e. The van der Waals surface area contributed by atoms with E-state index >= 15 is 0 Å². The molecule has 0 aliphatic rings. The second-order valence-corrected chi connectivity index (χ2v) is 6.80. The molecule has 25 heavy (non-hydrogen) atoms. The maximum absolute atomic E-state index is 12.1. The van der Waals surface area contributed by atoms with E-state index in [-0.39, 0.29) is 6.03 Å². The van der Waals surface area contributed by atoms with Crippen molar-refractivity contribution in [3.05, 3.63) is 76.8 Å². The van der Waals surface area contributed by atoms with Crippen LogP contribution in [0.1, 0.15) is 37.5 Å². The summed E-state index contributed by atoms with van der Waals surface area (Å²) in [5.41, 5.74) is 5.79. The molecular formula is C20H22ClN3O. The number of hydrazone groups is 1. The number of allylic oxidation sites excluding steroid dienone is 1. The Morgan fingerprint density at radius 2 is 1.88 bits per heavy atom. The molecule has 0 aliphatic carbocycles. The third-order valence-corrected chi connectivity index (χ3v) is 4.00. The quantitative estimate of drug-likeness (QED) is 0.579. The van der Waals surface area contributed by atoms with Crippen LogP contribution in [0.5, 0.6) is 0 Å². The van der Waals surface area contributed by atoms with Gasteiger partial charge in [0.1, 0.15) is 0 Å². The largest absolute Gasteiger partial charge is 0.335 e. The van der Waals surface area contributed by atoms with Gasteiger partial charge in [-0.1, -0.05) is 54.1 Å². The summed E-state index contributed by atoms with van der Waals surface area (Å²) in [6.45, 7) is 9.79. The first-order valence-electron chi connectivity index (χ1n) is 7.91. The van der Waals surface area contributed by atoms with Crippen molar-refractivity contribution in [3.8, 4) is 0 Å². The van der Waals surface area contributed by atoms with E-state index in [4.69, 9.17) is 11.6 Å². The molecule has 2 N–H and O–H groups in total. The van der Waals surface area contributed by atoms with Gasteiger partial charge in [0.25, 0.3) is 0 Å². The SMILES string of the molecule is C=C(C)c1cccc(C(C)(C)NC(=O)NN=Cc2ccc(Cl)cc2)c1. The van der Waals surface area contributed by atoms with E-state index in [1.165, 1.54) is 0 Å². The molecule has 2 aromatic carbocycles. The maximum Gasteiger partial charge on any atom is 0.335 e. The third-order valence-electron chi connectivity index (χ3n) is 3.75.